The zero-order valence-electron chi connectivity index (χ0n) is 18.2. The quantitative estimate of drug-likeness (QED) is 0.596. The van der Waals surface area contributed by atoms with Crippen LogP contribution in [0.15, 0.2) is 53.1 Å². The van der Waals surface area contributed by atoms with E-state index in [-0.39, 0.29) is 18.3 Å². The third-order valence-electron chi connectivity index (χ3n) is 5.53. The highest BCUT2D eigenvalue weighted by molar-refractivity contribution is 5.91. The van der Waals surface area contributed by atoms with E-state index in [1.807, 2.05) is 44.3 Å². The molecule has 2 aromatic heterocycles. The molecule has 1 N–H and O–H groups in total. The molecule has 3 heterocycles. The van der Waals surface area contributed by atoms with Crippen molar-refractivity contribution in [1.29, 1.82) is 0 Å². The second kappa shape index (κ2) is 9.69. The van der Waals surface area contributed by atoms with Crippen LogP contribution in [0.4, 0.5) is 5.82 Å². The minimum absolute atomic E-state index is 0.252. The maximum atomic E-state index is 12.4. The van der Waals surface area contributed by atoms with Gasteiger partial charge in [-0.15, -0.1) is 0 Å². The maximum absolute atomic E-state index is 12.4. The van der Waals surface area contributed by atoms with Crippen molar-refractivity contribution >= 4 is 11.7 Å². The number of carbonyl (C=O) groups excluding carboxylic acids is 1. The average molecular weight is 420 g/mol. The van der Waals surface area contributed by atoms with Crippen molar-refractivity contribution in [3.8, 4) is 5.75 Å². The predicted octanol–water partition coefficient (Wildman–Crippen LogP) is 4.79. The number of aromatic nitrogens is 1. The summed E-state index contributed by atoms with van der Waals surface area (Å²) in [6.07, 6.45) is 5.57. The van der Waals surface area contributed by atoms with Gasteiger partial charge in [-0.25, -0.2) is 4.98 Å². The van der Waals surface area contributed by atoms with Gasteiger partial charge in [-0.2, -0.15) is 0 Å². The van der Waals surface area contributed by atoms with Gasteiger partial charge >= 0.3 is 0 Å². The fourth-order valence-corrected chi connectivity index (χ4v) is 3.79. The molecule has 0 bridgehead atoms. The number of ether oxygens (including phenoxy) is 1. The molecule has 0 atom stereocenters. The van der Waals surface area contributed by atoms with Crippen LogP contribution in [0, 0.1) is 13.8 Å². The van der Waals surface area contributed by atoms with Crippen LogP contribution in [-0.4, -0.2) is 24.0 Å². The molecule has 0 radical (unpaired) electrons. The number of hydrogen-bond acceptors (Lipinski definition) is 5. The van der Waals surface area contributed by atoms with Crippen LogP contribution in [0.2, 0.25) is 0 Å². The van der Waals surface area contributed by atoms with E-state index in [1.165, 1.54) is 24.8 Å². The van der Waals surface area contributed by atoms with E-state index in [2.05, 4.69) is 21.3 Å². The lowest BCUT2D eigenvalue weighted by molar-refractivity contribution is 0.0919. The summed E-state index contributed by atoms with van der Waals surface area (Å²) in [5, 5.41) is 2.89. The Bertz CT molecular complexity index is 1020. The molecule has 0 spiro atoms. The normalized spacial score (nSPS) is 13.8. The van der Waals surface area contributed by atoms with E-state index in [0.29, 0.717) is 12.3 Å². The van der Waals surface area contributed by atoms with Gasteiger partial charge in [-0.1, -0.05) is 23.8 Å². The molecule has 1 saturated heterocycles. The topological polar surface area (TPSA) is 67.6 Å². The summed E-state index contributed by atoms with van der Waals surface area (Å²) < 4.78 is 11.5. The summed E-state index contributed by atoms with van der Waals surface area (Å²) in [5.41, 5.74) is 3.22. The van der Waals surface area contributed by atoms with Gasteiger partial charge in [0, 0.05) is 25.8 Å². The number of piperidine rings is 1. The van der Waals surface area contributed by atoms with Gasteiger partial charge in [0.2, 0.25) is 0 Å². The summed E-state index contributed by atoms with van der Waals surface area (Å²) in [7, 11) is 0. The highest BCUT2D eigenvalue weighted by atomic mass is 16.5. The highest BCUT2D eigenvalue weighted by Crippen LogP contribution is 2.21. The van der Waals surface area contributed by atoms with Crippen LogP contribution < -0.4 is 15.0 Å². The van der Waals surface area contributed by atoms with Crippen molar-refractivity contribution in [2.45, 2.75) is 46.3 Å². The Balaban J connectivity index is 1.27. The van der Waals surface area contributed by atoms with Crippen LogP contribution >= 0.6 is 0 Å². The average Bonchev–Trinajstić information content (AvgIpc) is 3.27. The SMILES string of the molecule is Cc1ccc(OCc2ccc(C(=O)NCc3ccc(N4CCCCC4)nc3)o2)c(C)c1. The number of furan rings is 1. The molecule has 1 aliphatic heterocycles. The van der Waals surface area contributed by atoms with Gasteiger partial charge in [-0.05, 0) is 68.5 Å². The lowest BCUT2D eigenvalue weighted by Crippen LogP contribution is -2.30. The number of nitrogens with one attached hydrogen (secondary N) is 1. The van der Waals surface area contributed by atoms with E-state index < -0.39 is 0 Å². The van der Waals surface area contributed by atoms with Crippen molar-refractivity contribution < 1.29 is 13.9 Å². The molecular formula is C25H29N3O3. The van der Waals surface area contributed by atoms with Crippen molar-refractivity contribution in [2.75, 3.05) is 18.0 Å². The smallest absolute Gasteiger partial charge is 0.287 e. The molecule has 1 amide bonds. The van der Waals surface area contributed by atoms with Gasteiger partial charge in [-0.3, -0.25) is 4.79 Å². The maximum Gasteiger partial charge on any atom is 0.287 e. The van der Waals surface area contributed by atoms with Gasteiger partial charge in [0.05, 0.1) is 0 Å². The molecule has 31 heavy (non-hydrogen) atoms. The van der Waals surface area contributed by atoms with Crippen LogP contribution in [0.1, 0.15) is 52.3 Å². The van der Waals surface area contributed by atoms with E-state index >= 15 is 0 Å². The number of anilines is 1. The monoisotopic (exact) mass is 419 g/mol. The number of hydrogen-bond donors (Lipinski definition) is 1. The Kier molecular flexibility index (Phi) is 6.55. The fourth-order valence-electron chi connectivity index (χ4n) is 3.79. The van der Waals surface area contributed by atoms with Gasteiger partial charge in [0.25, 0.3) is 5.91 Å². The summed E-state index contributed by atoms with van der Waals surface area (Å²) >= 11 is 0. The highest BCUT2D eigenvalue weighted by Gasteiger charge is 2.14. The Hall–Kier alpha value is -3.28. The van der Waals surface area contributed by atoms with Crippen LogP contribution in [0.3, 0.4) is 0 Å². The predicted molar refractivity (Wildman–Crippen MR) is 120 cm³/mol. The number of benzene rings is 1. The number of nitrogens with zero attached hydrogens (tertiary/aromatic N) is 2. The van der Waals surface area contributed by atoms with Crippen molar-refractivity contribution in [1.82, 2.24) is 10.3 Å². The molecule has 6 heteroatoms. The lowest BCUT2D eigenvalue weighted by atomic mass is 10.1. The molecule has 6 nitrogen and oxygen atoms in total. The molecule has 1 aromatic carbocycles. The summed E-state index contributed by atoms with van der Waals surface area (Å²) in [5.74, 6) is 2.45. The third kappa shape index (κ3) is 5.45. The second-order valence-electron chi connectivity index (χ2n) is 8.08. The first-order valence-electron chi connectivity index (χ1n) is 10.9. The summed E-state index contributed by atoms with van der Waals surface area (Å²) in [6.45, 7) is 6.87. The standard InChI is InChI=1S/C25H29N3O3/c1-18-6-9-22(19(2)14-18)30-17-21-8-10-23(31-21)25(29)27-16-20-7-11-24(26-15-20)28-12-4-3-5-13-28/h6-11,14-15H,3-5,12-13,16-17H2,1-2H3,(H,27,29). The van der Waals surface area contributed by atoms with Crippen LogP contribution in [-0.2, 0) is 13.2 Å². The summed E-state index contributed by atoms with van der Waals surface area (Å²) in [6, 6.07) is 13.5. The largest absolute Gasteiger partial charge is 0.485 e. The molecule has 0 aliphatic carbocycles. The Labute approximate surface area is 183 Å². The zero-order chi connectivity index (χ0) is 21.6. The first kappa shape index (κ1) is 21.0. The molecule has 4 rings (SSSR count). The molecular weight excluding hydrogens is 390 g/mol. The second-order valence-corrected chi connectivity index (χ2v) is 8.08. The molecule has 1 aliphatic rings. The third-order valence-corrected chi connectivity index (χ3v) is 5.53. The lowest BCUT2D eigenvalue weighted by Gasteiger charge is -2.27. The van der Waals surface area contributed by atoms with Crippen LogP contribution in [0.5, 0.6) is 5.75 Å². The number of pyridine rings is 1. The van der Waals surface area contributed by atoms with E-state index in [4.69, 9.17) is 9.15 Å². The number of rotatable bonds is 7. The Morgan fingerprint density at radius 2 is 1.94 bits per heavy atom. The molecule has 162 valence electrons. The van der Waals surface area contributed by atoms with E-state index in [9.17, 15) is 4.79 Å². The molecule has 1 fully saturated rings. The molecule has 0 unspecified atom stereocenters. The number of carbonyl (C=O) groups is 1. The van der Waals surface area contributed by atoms with Gasteiger partial charge in [0.1, 0.15) is 23.9 Å². The minimum atomic E-state index is -0.252. The first-order valence-corrected chi connectivity index (χ1v) is 10.9. The number of aryl methyl sites for hydroxylation is 2. The summed E-state index contributed by atoms with van der Waals surface area (Å²) in [4.78, 5) is 19.3. The first-order chi connectivity index (χ1) is 15.1. The van der Waals surface area contributed by atoms with Crippen molar-refractivity contribution in [3.63, 3.8) is 0 Å². The van der Waals surface area contributed by atoms with E-state index in [1.54, 1.807) is 12.1 Å². The van der Waals surface area contributed by atoms with Crippen molar-refractivity contribution in [2.24, 2.45) is 0 Å². The molecule has 3 aromatic rings. The minimum Gasteiger partial charge on any atom is -0.485 e. The van der Waals surface area contributed by atoms with Gasteiger partial charge < -0.3 is 19.4 Å². The van der Waals surface area contributed by atoms with Crippen molar-refractivity contribution in [3.05, 3.63) is 76.9 Å². The van der Waals surface area contributed by atoms with Crippen LogP contribution in [0.25, 0.3) is 0 Å². The van der Waals surface area contributed by atoms with Gasteiger partial charge in [0.15, 0.2) is 5.76 Å². The van der Waals surface area contributed by atoms with E-state index in [0.717, 1.165) is 35.8 Å². The Morgan fingerprint density at radius 3 is 2.68 bits per heavy atom. The number of amides is 1. The zero-order valence-corrected chi connectivity index (χ0v) is 18.2. The Morgan fingerprint density at radius 1 is 1.10 bits per heavy atom. The fraction of sp³-hybridized carbons (Fsp3) is 0.360. The molecule has 0 saturated carbocycles.